The van der Waals surface area contributed by atoms with Gasteiger partial charge in [-0.2, -0.15) is 5.26 Å². The van der Waals surface area contributed by atoms with E-state index in [1.54, 1.807) is 6.92 Å². The lowest BCUT2D eigenvalue weighted by Gasteiger charge is -2.60. The van der Waals surface area contributed by atoms with Crippen molar-refractivity contribution in [2.24, 2.45) is 5.92 Å². The van der Waals surface area contributed by atoms with Crippen LogP contribution in [0.5, 0.6) is 28.7 Å². The van der Waals surface area contributed by atoms with Crippen LogP contribution in [0, 0.1) is 31.1 Å². The Morgan fingerprint density at radius 2 is 1.82 bits per heavy atom. The third-order valence-electron chi connectivity index (χ3n) is 10.3. The van der Waals surface area contributed by atoms with Gasteiger partial charge in [-0.15, -0.1) is 0 Å². The van der Waals surface area contributed by atoms with Gasteiger partial charge in [0.15, 0.2) is 23.0 Å². The monoisotopic (exact) mass is 675 g/mol. The number of amides is 2. The molecule has 4 heterocycles. The molecule has 6 rings (SSSR count). The lowest BCUT2D eigenvalue weighted by atomic mass is 9.71. The Labute approximate surface area is 286 Å². The number of phenolic OH excluding ortho intramolecular Hbond substituents is 1. The molecule has 3 N–H and O–H groups in total. The van der Waals surface area contributed by atoms with Gasteiger partial charge in [0.2, 0.25) is 18.6 Å². The SMILES string of the molecule is COc1c(C)cc2c(c1O)[C@@H]1C3Cc4c(OC(C)=O)c(C)c5c(c4[C@H](CNC(=O)[C@@H](C)NC(=O)CC(C)C)N3[C@@H](C#N)[C@H](C2)N1C)OCO5. The molecule has 0 spiro atoms. The molecule has 2 bridgehead atoms. The zero-order chi connectivity index (χ0) is 35.5. The fourth-order valence-electron chi connectivity index (χ4n) is 8.40. The molecule has 2 amide bonds. The van der Waals surface area contributed by atoms with E-state index in [-0.39, 0.29) is 48.9 Å². The van der Waals surface area contributed by atoms with Gasteiger partial charge in [-0.25, -0.2) is 0 Å². The molecule has 0 aliphatic carbocycles. The molecule has 0 radical (unpaired) electrons. The van der Waals surface area contributed by atoms with Gasteiger partial charge < -0.3 is 34.7 Å². The fourth-order valence-corrected chi connectivity index (χ4v) is 8.40. The molecule has 6 atom stereocenters. The summed E-state index contributed by atoms with van der Waals surface area (Å²) in [5, 5.41) is 28.4. The van der Waals surface area contributed by atoms with Crippen molar-refractivity contribution in [2.45, 2.75) is 97.1 Å². The molecule has 262 valence electrons. The van der Waals surface area contributed by atoms with Crippen LogP contribution in [-0.4, -0.2) is 84.4 Å². The number of ether oxygens (including phenoxy) is 4. The summed E-state index contributed by atoms with van der Waals surface area (Å²) in [6.45, 7) is 10.6. The van der Waals surface area contributed by atoms with E-state index < -0.39 is 30.1 Å². The van der Waals surface area contributed by atoms with Gasteiger partial charge in [-0.05, 0) is 57.7 Å². The summed E-state index contributed by atoms with van der Waals surface area (Å²) in [5.74, 6) is 0.791. The highest BCUT2D eigenvalue weighted by Crippen LogP contribution is 2.58. The summed E-state index contributed by atoms with van der Waals surface area (Å²) in [5.41, 5.74) is 4.49. The van der Waals surface area contributed by atoms with Crippen molar-refractivity contribution in [3.63, 3.8) is 0 Å². The van der Waals surface area contributed by atoms with Crippen LogP contribution in [0.2, 0.25) is 0 Å². The molecule has 0 saturated carbocycles. The van der Waals surface area contributed by atoms with Crippen molar-refractivity contribution in [3.8, 4) is 34.8 Å². The number of benzene rings is 2. The van der Waals surface area contributed by atoms with E-state index in [0.29, 0.717) is 59.0 Å². The molecule has 1 unspecified atom stereocenters. The van der Waals surface area contributed by atoms with Crippen LogP contribution in [0.25, 0.3) is 0 Å². The van der Waals surface area contributed by atoms with Gasteiger partial charge in [0, 0.05) is 54.2 Å². The van der Waals surface area contributed by atoms with Crippen LogP contribution in [0.1, 0.15) is 79.6 Å². The number of nitrogens with one attached hydrogen (secondary N) is 2. The average molecular weight is 676 g/mol. The van der Waals surface area contributed by atoms with Crippen LogP contribution in [0.15, 0.2) is 6.07 Å². The fraction of sp³-hybridized carbons (Fsp3) is 0.556. The molecule has 13 heteroatoms. The number of hydrogen-bond acceptors (Lipinski definition) is 11. The first-order chi connectivity index (χ1) is 23.3. The maximum Gasteiger partial charge on any atom is 0.308 e. The largest absolute Gasteiger partial charge is 0.504 e. The number of likely N-dealkylation sites (N-methyl/N-ethyl adjacent to an activating group) is 1. The Hall–Kier alpha value is -4.54. The first kappa shape index (κ1) is 34.3. The number of aromatic hydroxyl groups is 1. The summed E-state index contributed by atoms with van der Waals surface area (Å²) < 4.78 is 23.5. The van der Waals surface area contributed by atoms with Crippen molar-refractivity contribution in [1.82, 2.24) is 20.4 Å². The first-order valence-corrected chi connectivity index (χ1v) is 16.8. The number of fused-ring (bicyclic) bond motifs is 9. The van der Waals surface area contributed by atoms with Crippen molar-refractivity contribution in [1.29, 1.82) is 5.26 Å². The Kier molecular flexibility index (Phi) is 9.15. The number of hydrogen-bond donors (Lipinski definition) is 3. The average Bonchev–Trinajstić information content (AvgIpc) is 3.52. The zero-order valence-corrected chi connectivity index (χ0v) is 29.3. The van der Waals surface area contributed by atoms with E-state index in [2.05, 4.69) is 26.5 Å². The van der Waals surface area contributed by atoms with E-state index in [1.165, 1.54) is 14.0 Å². The van der Waals surface area contributed by atoms with E-state index in [9.17, 15) is 24.8 Å². The first-order valence-electron chi connectivity index (χ1n) is 16.8. The summed E-state index contributed by atoms with van der Waals surface area (Å²) >= 11 is 0. The van der Waals surface area contributed by atoms with Crippen molar-refractivity contribution in [2.75, 3.05) is 27.5 Å². The minimum absolute atomic E-state index is 0.0381. The maximum atomic E-state index is 13.5. The lowest BCUT2D eigenvalue weighted by Crippen LogP contribution is -2.69. The molecule has 49 heavy (non-hydrogen) atoms. The van der Waals surface area contributed by atoms with Gasteiger partial charge >= 0.3 is 5.97 Å². The summed E-state index contributed by atoms with van der Waals surface area (Å²) in [4.78, 5) is 42.8. The molecule has 2 aromatic carbocycles. The standard InChI is InChI=1S/C36H45N5O8/c1-16(2)9-27(43)39-19(5)36(45)38-14-26-29-22(33(49-20(6)42)18(4)34-35(29)48-15-47-34)12-24-30-28-21(10-17(3)32(46-8)31(28)44)11-23(40(30)7)25(13-37)41(24)26/h10,16,19,23-26,30,44H,9,11-12,14-15H2,1-8H3,(H,38,45)(H,39,43)/t19-,23+,24?,25+,26+,30+/m1/s1. The number of piperazine rings is 1. The van der Waals surface area contributed by atoms with Gasteiger partial charge in [-0.3, -0.25) is 24.2 Å². The van der Waals surface area contributed by atoms with E-state index in [0.717, 1.165) is 16.7 Å². The highest BCUT2D eigenvalue weighted by molar-refractivity contribution is 5.87. The second-order valence-corrected chi connectivity index (χ2v) is 14.0. The van der Waals surface area contributed by atoms with Gasteiger partial charge in [0.1, 0.15) is 17.8 Å². The summed E-state index contributed by atoms with van der Waals surface area (Å²) in [6, 6.07) is 1.52. The predicted octanol–water partition coefficient (Wildman–Crippen LogP) is 3.11. The number of methoxy groups -OCH3 is 1. The second kappa shape index (κ2) is 13.1. The molecule has 0 aromatic heterocycles. The Morgan fingerprint density at radius 3 is 2.47 bits per heavy atom. The zero-order valence-electron chi connectivity index (χ0n) is 29.3. The van der Waals surface area contributed by atoms with Crippen LogP contribution in [0.3, 0.4) is 0 Å². The summed E-state index contributed by atoms with van der Waals surface area (Å²) in [6.07, 6.45) is 1.15. The van der Waals surface area contributed by atoms with Crippen LogP contribution < -0.4 is 29.6 Å². The van der Waals surface area contributed by atoms with Crippen molar-refractivity contribution >= 4 is 17.8 Å². The quantitative estimate of drug-likeness (QED) is 0.278. The second-order valence-electron chi connectivity index (χ2n) is 14.0. The van der Waals surface area contributed by atoms with Gasteiger partial charge in [-0.1, -0.05) is 19.9 Å². The van der Waals surface area contributed by atoms with E-state index in [1.807, 2.05) is 40.8 Å². The molecule has 4 aliphatic heterocycles. The van der Waals surface area contributed by atoms with Crippen LogP contribution >= 0.6 is 0 Å². The number of rotatable bonds is 8. The Balaban J connectivity index is 1.50. The molecule has 1 saturated heterocycles. The molecule has 4 aliphatic rings. The topological polar surface area (TPSA) is 163 Å². The number of nitrogens with zero attached hydrogens (tertiary/aromatic N) is 3. The van der Waals surface area contributed by atoms with E-state index >= 15 is 0 Å². The number of nitriles is 1. The van der Waals surface area contributed by atoms with Crippen molar-refractivity contribution < 1.29 is 38.4 Å². The van der Waals surface area contributed by atoms with Gasteiger partial charge in [0.05, 0.1) is 25.3 Å². The molecular weight excluding hydrogens is 630 g/mol. The minimum atomic E-state index is -0.803. The number of phenols is 1. The molecule has 1 fully saturated rings. The Morgan fingerprint density at radius 1 is 1.10 bits per heavy atom. The lowest BCUT2D eigenvalue weighted by molar-refractivity contribution is -0.132. The normalized spacial score (nSPS) is 24.2. The number of carbonyl (C=O) groups is 3. The smallest absolute Gasteiger partial charge is 0.308 e. The summed E-state index contributed by atoms with van der Waals surface area (Å²) in [7, 11) is 3.50. The third kappa shape index (κ3) is 5.70. The minimum Gasteiger partial charge on any atom is -0.504 e. The maximum absolute atomic E-state index is 13.5. The molecular formula is C36H45N5O8. The number of carbonyl (C=O) groups excluding carboxylic acids is 3. The molecule has 2 aromatic rings. The Bertz CT molecular complexity index is 1750. The predicted molar refractivity (Wildman–Crippen MR) is 178 cm³/mol. The third-order valence-corrected chi connectivity index (χ3v) is 10.3. The van der Waals surface area contributed by atoms with Crippen LogP contribution in [-0.2, 0) is 27.2 Å². The number of aryl methyl sites for hydroxylation is 1. The molecule has 13 nitrogen and oxygen atoms in total. The highest BCUT2D eigenvalue weighted by atomic mass is 16.7. The van der Waals surface area contributed by atoms with Gasteiger partial charge in [0.25, 0.3) is 0 Å². The number of esters is 1. The highest BCUT2D eigenvalue weighted by Gasteiger charge is 2.57. The van der Waals surface area contributed by atoms with Crippen molar-refractivity contribution in [3.05, 3.63) is 39.4 Å². The van der Waals surface area contributed by atoms with Crippen LogP contribution in [0.4, 0.5) is 0 Å². The van der Waals surface area contributed by atoms with E-state index in [4.69, 9.17) is 18.9 Å².